The Hall–Kier alpha value is -3.32. The Morgan fingerprint density at radius 1 is 1.11 bits per heavy atom. The molecule has 2 heterocycles. The van der Waals surface area contributed by atoms with Crippen LogP contribution >= 0.6 is 22.9 Å². The predicted octanol–water partition coefficient (Wildman–Crippen LogP) is 4.57. The monoisotopic (exact) mass is 556 g/mol. The van der Waals surface area contributed by atoms with Crippen molar-refractivity contribution < 1.29 is 32.9 Å². The van der Waals surface area contributed by atoms with Gasteiger partial charge in [-0.05, 0) is 36.2 Å². The summed E-state index contributed by atoms with van der Waals surface area (Å²) >= 11 is 6.84. The molecule has 0 spiro atoms. The fraction of sp³-hybridized carbons (Fsp3) is 0.250. The second-order valence-electron chi connectivity index (χ2n) is 7.94. The molecule has 196 valence electrons. The van der Waals surface area contributed by atoms with Crippen molar-refractivity contribution in [3.63, 3.8) is 0 Å². The zero-order chi connectivity index (χ0) is 26.9. The maximum atomic E-state index is 13.4. The van der Waals surface area contributed by atoms with Crippen LogP contribution in [0.15, 0.2) is 58.1 Å². The van der Waals surface area contributed by atoms with Crippen molar-refractivity contribution in [2.45, 2.75) is 25.4 Å². The first kappa shape index (κ1) is 26.7. The summed E-state index contributed by atoms with van der Waals surface area (Å²) in [7, 11) is 1.44. The lowest BCUT2D eigenvalue weighted by Gasteiger charge is -2.15. The predicted molar refractivity (Wildman–Crippen MR) is 132 cm³/mol. The molecule has 8 nitrogen and oxygen atoms in total. The fourth-order valence-corrected chi connectivity index (χ4v) is 5.02. The van der Waals surface area contributed by atoms with E-state index >= 15 is 0 Å². The first-order valence-corrected chi connectivity index (χ1v) is 12.0. The molecule has 2 aromatic carbocycles. The molecule has 1 unspecified atom stereocenters. The van der Waals surface area contributed by atoms with Crippen LogP contribution in [0.1, 0.15) is 23.7 Å². The highest BCUT2D eigenvalue weighted by Crippen LogP contribution is 2.44. The second-order valence-corrected chi connectivity index (χ2v) is 9.34. The fourth-order valence-electron chi connectivity index (χ4n) is 3.75. The van der Waals surface area contributed by atoms with Crippen LogP contribution in [0, 0.1) is 0 Å². The van der Waals surface area contributed by atoms with Crippen LogP contribution < -0.4 is 20.7 Å². The van der Waals surface area contributed by atoms with Gasteiger partial charge in [-0.2, -0.15) is 0 Å². The Morgan fingerprint density at radius 2 is 1.78 bits per heavy atom. The van der Waals surface area contributed by atoms with E-state index in [2.05, 4.69) is 4.74 Å². The molecule has 0 aliphatic rings. The lowest BCUT2D eigenvalue weighted by molar-refractivity contribution is -0.274. The van der Waals surface area contributed by atoms with Gasteiger partial charge in [0.25, 0.3) is 5.56 Å². The van der Waals surface area contributed by atoms with Crippen molar-refractivity contribution >= 4 is 33.2 Å². The summed E-state index contributed by atoms with van der Waals surface area (Å²) in [6.07, 6.45) is -6.17. The van der Waals surface area contributed by atoms with Gasteiger partial charge in [-0.1, -0.05) is 41.1 Å². The Bertz CT molecular complexity index is 1550. The molecule has 0 saturated carbocycles. The number of nitrogens with zero attached hydrogens (tertiary/aromatic N) is 2. The third-order valence-corrected chi connectivity index (χ3v) is 6.83. The zero-order valence-corrected chi connectivity index (χ0v) is 20.7. The molecule has 0 amide bonds. The van der Waals surface area contributed by atoms with Crippen molar-refractivity contribution in [1.82, 2.24) is 9.13 Å². The van der Waals surface area contributed by atoms with Crippen molar-refractivity contribution in [2.24, 2.45) is 7.05 Å². The summed E-state index contributed by atoms with van der Waals surface area (Å²) in [4.78, 5) is 26.5. The van der Waals surface area contributed by atoms with Crippen LogP contribution in [0.25, 0.3) is 10.2 Å². The Morgan fingerprint density at radius 3 is 2.43 bits per heavy atom. The molecule has 0 fully saturated rings. The third kappa shape index (κ3) is 5.67. The number of aromatic nitrogens is 2. The van der Waals surface area contributed by atoms with E-state index in [1.54, 1.807) is 24.3 Å². The quantitative estimate of drug-likeness (QED) is 0.330. The van der Waals surface area contributed by atoms with Gasteiger partial charge in [0, 0.05) is 31.3 Å². The van der Waals surface area contributed by atoms with E-state index in [1.165, 1.54) is 23.7 Å². The molecular formula is C24H20ClF3N2O6S. The topological polar surface area (TPSA) is 103 Å². The maximum absolute atomic E-state index is 13.4. The molecular weight excluding hydrogens is 537 g/mol. The molecule has 37 heavy (non-hydrogen) atoms. The summed E-state index contributed by atoms with van der Waals surface area (Å²) in [5.74, 6) is -0.576. The van der Waals surface area contributed by atoms with Crippen molar-refractivity contribution in [3.8, 4) is 16.6 Å². The van der Waals surface area contributed by atoms with Crippen LogP contribution in [0.5, 0.6) is 16.6 Å². The number of aliphatic hydroxyl groups excluding tert-OH is 2. The standard InChI is InChI=1S/C24H20ClF3N2O6S/c1-29-21-18(20(33)30(23(29)34)10-3-11-31)17(19(32)13-6-8-14(25)9-7-13)22(37-21)35-15-4-2-5-16(12-15)36-24(26,27)28/h2,4-9,12,19,31-32H,3,10-11H2,1H3. The summed E-state index contributed by atoms with van der Waals surface area (Å²) in [5, 5.41) is 20.9. The van der Waals surface area contributed by atoms with Gasteiger partial charge < -0.3 is 19.7 Å². The van der Waals surface area contributed by atoms with Crippen LogP contribution in [0.3, 0.4) is 0 Å². The number of hydrogen-bond donors (Lipinski definition) is 2. The van der Waals surface area contributed by atoms with Gasteiger partial charge in [0.2, 0.25) is 0 Å². The molecule has 4 rings (SSSR count). The normalized spacial score (nSPS) is 12.6. The highest BCUT2D eigenvalue weighted by molar-refractivity contribution is 7.20. The van der Waals surface area contributed by atoms with Gasteiger partial charge in [0.15, 0.2) is 5.06 Å². The van der Waals surface area contributed by atoms with E-state index < -0.39 is 29.5 Å². The van der Waals surface area contributed by atoms with Crippen LogP contribution in [-0.2, 0) is 13.6 Å². The SMILES string of the molecule is Cn1c(=O)n(CCCO)c(=O)c2c(C(O)c3ccc(Cl)cc3)c(Oc3cccc(OC(F)(F)F)c3)sc21. The molecule has 13 heteroatoms. The number of thiophene rings is 1. The third-order valence-electron chi connectivity index (χ3n) is 5.42. The van der Waals surface area contributed by atoms with Crippen LogP contribution in [0.4, 0.5) is 13.2 Å². The number of aliphatic hydroxyl groups is 2. The Kier molecular flexibility index (Phi) is 7.64. The van der Waals surface area contributed by atoms with Crippen LogP contribution in [-0.4, -0.2) is 32.3 Å². The molecule has 0 bridgehead atoms. The molecule has 1 atom stereocenters. The summed E-state index contributed by atoms with van der Waals surface area (Å²) in [6.45, 7) is -0.306. The second kappa shape index (κ2) is 10.6. The van der Waals surface area contributed by atoms with E-state index in [4.69, 9.17) is 16.3 Å². The van der Waals surface area contributed by atoms with Crippen molar-refractivity contribution in [1.29, 1.82) is 0 Å². The number of ether oxygens (including phenoxy) is 2. The zero-order valence-electron chi connectivity index (χ0n) is 19.2. The first-order chi connectivity index (χ1) is 17.5. The Balaban J connectivity index is 1.92. The summed E-state index contributed by atoms with van der Waals surface area (Å²) < 4.78 is 50.0. The van der Waals surface area contributed by atoms with E-state index in [1.807, 2.05) is 0 Å². The van der Waals surface area contributed by atoms with Gasteiger partial charge in [0.05, 0.1) is 10.9 Å². The minimum atomic E-state index is -4.91. The minimum Gasteiger partial charge on any atom is -0.446 e. The lowest BCUT2D eigenvalue weighted by atomic mass is 10.0. The van der Waals surface area contributed by atoms with Gasteiger partial charge in [-0.25, -0.2) is 4.79 Å². The highest BCUT2D eigenvalue weighted by Gasteiger charge is 2.32. The summed E-state index contributed by atoms with van der Waals surface area (Å²) in [5.41, 5.74) is -0.942. The number of aryl methyl sites for hydroxylation is 1. The van der Waals surface area contributed by atoms with Gasteiger partial charge in [-0.15, -0.1) is 13.2 Å². The highest BCUT2D eigenvalue weighted by atomic mass is 35.5. The van der Waals surface area contributed by atoms with E-state index in [9.17, 15) is 33.0 Å². The van der Waals surface area contributed by atoms with E-state index in [-0.39, 0.29) is 46.2 Å². The minimum absolute atomic E-state index is 0.00480. The number of halogens is 4. The number of rotatable bonds is 8. The average molecular weight is 557 g/mol. The number of alkyl halides is 3. The molecule has 0 saturated heterocycles. The van der Waals surface area contributed by atoms with E-state index in [0.717, 1.165) is 28.0 Å². The molecule has 0 aliphatic heterocycles. The molecule has 4 aromatic rings. The van der Waals surface area contributed by atoms with Gasteiger partial charge in [0.1, 0.15) is 22.4 Å². The van der Waals surface area contributed by atoms with Crippen LogP contribution in [0.2, 0.25) is 5.02 Å². The Labute approximate surface area is 216 Å². The average Bonchev–Trinajstić information content (AvgIpc) is 3.21. The van der Waals surface area contributed by atoms with E-state index in [0.29, 0.717) is 10.6 Å². The largest absolute Gasteiger partial charge is 0.573 e. The van der Waals surface area contributed by atoms with Crippen molar-refractivity contribution in [2.75, 3.05) is 6.61 Å². The molecule has 0 aliphatic carbocycles. The number of benzene rings is 2. The number of hydrogen-bond acceptors (Lipinski definition) is 7. The lowest BCUT2D eigenvalue weighted by Crippen LogP contribution is -2.39. The van der Waals surface area contributed by atoms with Gasteiger partial charge >= 0.3 is 12.1 Å². The molecule has 2 N–H and O–H groups in total. The maximum Gasteiger partial charge on any atom is 0.573 e. The number of fused-ring (bicyclic) bond motifs is 1. The molecule has 0 radical (unpaired) electrons. The summed E-state index contributed by atoms with van der Waals surface area (Å²) in [6, 6.07) is 11.0. The smallest absolute Gasteiger partial charge is 0.446 e. The molecule has 2 aromatic heterocycles. The first-order valence-electron chi connectivity index (χ1n) is 10.8. The van der Waals surface area contributed by atoms with Gasteiger partial charge in [-0.3, -0.25) is 13.9 Å². The van der Waals surface area contributed by atoms with Crippen molar-refractivity contribution in [3.05, 3.63) is 85.5 Å².